The van der Waals surface area contributed by atoms with Gasteiger partial charge in [-0.05, 0) is 78.7 Å². The Balaban J connectivity index is 0.000000166. The SMILES string of the molecule is CC(C(=O)Nc1ccc(-c2ncnn3cc(-c4cnn(C)c4)cc23)cc1)c1ccc(Cl)cc1.Cn1cc(-c2cc3c(-c4ccc(NC(=O)C(O)c5ccc(Cl)cc5)cc4)ncnn3c2)cn1. The Morgan fingerprint density at radius 2 is 0.955 bits per heavy atom. The standard InChI is InChI=1S/C25H21ClN6O.C24H19ClN6O2/c1-16(17-3-7-21(26)8-4-17)25(33)30-22-9-5-18(6-10-22)24-23-11-19(14-32(23)29-15-27-24)20-12-28-31(2)13-20;1-30-12-18(11-27-30)17-10-21-22(26-14-28-31(21)13-17)15-4-8-20(9-5-15)29-24(33)23(32)16-2-6-19(25)7-3-16/h3-16H,1-2H3,(H,30,33);2-14,23,32H,1H3,(H,29,33). The molecule has 4 aromatic carbocycles. The molecule has 0 spiro atoms. The normalized spacial score (nSPS) is 12.1. The molecule has 66 heavy (non-hydrogen) atoms. The smallest absolute Gasteiger partial charge is 0.257 e. The summed E-state index contributed by atoms with van der Waals surface area (Å²) in [6, 6.07) is 32.8. The van der Waals surface area contributed by atoms with Crippen LogP contribution in [0.15, 0.2) is 159 Å². The highest BCUT2D eigenvalue weighted by Crippen LogP contribution is 2.31. The zero-order chi connectivity index (χ0) is 45.9. The van der Waals surface area contributed by atoms with Crippen molar-refractivity contribution in [2.75, 3.05) is 10.6 Å². The van der Waals surface area contributed by atoms with Gasteiger partial charge in [0.2, 0.25) is 5.91 Å². The first kappa shape index (κ1) is 43.3. The fraction of sp³-hybridized carbons (Fsp3) is 0.102. The molecular formula is C49H40Cl2N12O3. The third-order valence-corrected chi connectivity index (χ3v) is 11.4. The molecule has 328 valence electrons. The minimum Gasteiger partial charge on any atom is -0.378 e. The summed E-state index contributed by atoms with van der Waals surface area (Å²) in [4.78, 5) is 34.1. The van der Waals surface area contributed by atoms with Crippen LogP contribution in [0, 0.1) is 0 Å². The lowest BCUT2D eigenvalue weighted by Gasteiger charge is -2.13. The molecule has 0 bridgehead atoms. The van der Waals surface area contributed by atoms with Crippen LogP contribution in [0.25, 0.3) is 55.8 Å². The number of nitrogens with zero attached hydrogens (tertiary/aromatic N) is 10. The molecule has 0 fully saturated rings. The summed E-state index contributed by atoms with van der Waals surface area (Å²) in [6.07, 6.45) is 13.2. The van der Waals surface area contributed by atoms with Gasteiger partial charge in [-0.15, -0.1) is 0 Å². The summed E-state index contributed by atoms with van der Waals surface area (Å²) in [5.74, 6) is -0.903. The Hall–Kier alpha value is -7.98. The molecule has 0 aliphatic rings. The van der Waals surface area contributed by atoms with Crippen LogP contribution in [0.2, 0.25) is 10.0 Å². The van der Waals surface area contributed by atoms with E-state index in [-0.39, 0.29) is 11.8 Å². The lowest BCUT2D eigenvalue weighted by Crippen LogP contribution is -2.20. The van der Waals surface area contributed by atoms with Crippen LogP contribution in [-0.2, 0) is 23.7 Å². The van der Waals surface area contributed by atoms with Crippen LogP contribution in [-0.4, -0.2) is 65.7 Å². The van der Waals surface area contributed by atoms with Crippen molar-refractivity contribution in [2.24, 2.45) is 14.1 Å². The number of aliphatic hydroxyl groups is 1. The van der Waals surface area contributed by atoms with Gasteiger partial charge < -0.3 is 15.7 Å². The zero-order valence-corrected chi connectivity index (χ0v) is 37.2. The van der Waals surface area contributed by atoms with Gasteiger partial charge in [0.05, 0.1) is 40.7 Å². The van der Waals surface area contributed by atoms with E-state index in [0.717, 1.165) is 67.1 Å². The van der Waals surface area contributed by atoms with Crippen LogP contribution >= 0.6 is 23.2 Å². The Kier molecular flexibility index (Phi) is 12.2. The molecule has 6 aromatic heterocycles. The molecule has 6 heterocycles. The van der Waals surface area contributed by atoms with Crippen molar-refractivity contribution in [3.8, 4) is 44.8 Å². The number of carbonyl (C=O) groups excluding carboxylic acids is 2. The third-order valence-electron chi connectivity index (χ3n) is 10.9. The molecule has 2 atom stereocenters. The third kappa shape index (κ3) is 9.44. The number of anilines is 2. The first-order chi connectivity index (χ1) is 31.9. The van der Waals surface area contributed by atoms with E-state index < -0.39 is 12.0 Å². The van der Waals surface area contributed by atoms with Gasteiger partial charge in [0.25, 0.3) is 5.91 Å². The van der Waals surface area contributed by atoms with E-state index >= 15 is 0 Å². The Morgan fingerprint density at radius 1 is 0.530 bits per heavy atom. The number of carbonyl (C=O) groups is 2. The zero-order valence-electron chi connectivity index (χ0n) is 35.7. The molecule has 0 aliphatic carbocycles. The lowest BCUT2D eigenvalue weighted by molar-refractivity contribution is -0.124. The van der Waals surface area contributed by atoms with E-state index in [1.165, 1.54) is 6.33 Å². The fourth-order valence-corrected chi connectivity index (χ4v) is 7.60. The largest absolute Gasteiger partial charge is 0.378 e. The van der Waals surface area contributed by atoms with Gasteiger partial charge in [-0.3, -0.25) is 19.0 Å². The van der Waals surface area contributed by atoms with Crippen LogP contribution < -0.4 is 10.6 Å². The number of amides is 2. The maximum atomic E-state index is 12.7. The molecule has 0 aliphatic heterocycles. The first-order valence-corrected chi connectivity index (χ1v) is 21.4. The predicted octanol–water partition coefficient (Wildman–Crippen LogP) is 9.31. The number of rotatable bonds is 10. The lowest BCUT2D eigenvalue weighted by atomic mass is 10.0. The summed E-state index contributed by atoms with van der Waals surface area (Å²) in [5, 5.41) is 34.3. The van der Waals surface area contributed by atoms with E-state index in [1.807, 2.05) is 111 Å². The first-order valence-electron chi connectivity index (χ1n) is 20.6. The predicted molar refractivity (Wildman–Crippen MR) is 255 cm³/mol. The van der Waals surface area contributed by atoms with Crippen molar-refractivity contribution >= 4 is 57.4 Å². The van der Waals surface area contributed by atoms with Crippen molar-refractivity contribution in [3.05, 3.63) is 180 Å². The van der Waals surface area contributed by atoms with Crippen molar-refractivity contribution in [2.45, 2.75) is 18.9 Å². The molecule has 10 aromatic rings. The number of aromatic nitrogens is 10. The number of benzene rings is 4. The number of aryl methyl sites for hydroxylation is 2. The second-order valence-electron chi connectivity index (χ2n) is 15.5. The highest BCUT2D eigenvalue weighted by atomic mass is 35.5. The molecule has 0 radical (unpaired) electrons. The van der Waals surface area contributed by atoms with Crippen LogP contribution in [0.3, 0.4) is 0 Å². The Labute approximate surface area is 387 Å². The number of hydrogen-bond acceptors (Lipinski definition) is 9. The molecule has 0 saturated carbocycles. The summed E-state index contributed by atoms with van der Waals surface area (Å²) < 4.78 is 7.11. The van der Waals surface area contributed by atoms with Crippen molar-refractivity contribution in [1.82, 2.24) is 48.8 Å². The van der Waals surface area contributed by atoms with E-state index in [4.69, 9.17) is 23.2 Å². The maximum absolute atomic E-state index is 12.7. The maximum Gasteiger partial charge on any atom is 0.257 e. The van der Waals surface area contributed by atoms with Gasteiger partial charge in [0.15, 0.2) is 6.10 Å². The molecule has 0 saturated heterocycles. The number of hydrogen-bond donors (Lipinski definition) is 3. The van der Waals surface area contributed by atoms with Gasteiger partial charge in [0.1, 0.15) is 12.7 Å². The topological polar surface area (TPSA) is 174 Å². The quantitative estimate of drug-likeness (QED) is 0.121. The van der Waals surface area contributed by atoms with Gasteiger partial charge >= 0.3 is 0 Å². The van der Waals surface area contributed by atoms with E-state index in [9.17, 15) is 14.7 Å². The number of aliphatic hydroxyl groups excluding tert-OH is 1. The second kappa shape index (κ2) is 18.6. The number of halogens is 2. The molecule has 2 unspecified atom stereocenters. The van der Waals surface area contributed by atoms with Crippen LogP contribution in [0.1, 0.15) is 30.1 Å². The minimum absolute atomic E-state index is 0.0813. The minimum atomic E-state index is -1.30. The highest BCUT2D eigenvalue weighted by molar-refractivity contribution is 6.30. The monoisotopic (exact) mass is 914 g/mol. The molecule has 17 heteroatoms. The van der Waals surface area contributed by atoms with Crippen molar-refractivity contribution in [1.29, 1.82) is 0 Å². The summed E-state index contributed by atoms with van der Waals surface area (Å²) in [7, 11) is 3.76. The van der Waals surface area contributed by atoms with E-state index in [1.54, 1.807) is 74.9 Å². The molecule has 3 N–H and O–H groups in total. The van der Waals surface area contributed by atoms with Gasteiger partial charge in [0, 0.05) is 93.7 Å². The average molecular weight is 916 g/mol. The van der Waals surface area contributed by atoms with Gasteiger partial charge in [-0.1, -0.05) is 71.7 Å². The number of nitrogens with one attached hydrogen (secondary N) is 2. The van der Waals surface area contributed by atoms with Gasteiger partial charge in [-0.2, -0.15) is 20.4 Å². The summed E-state index contributed by atoms with van der Waals surface area (Å²) >= 11 is 11.8. The fourth-order valence-electron chi connectivity index (χ4n) is 7.34. The van der Waals surface area contributed by atoms with Crippen molar-refractivity contribution in [3.63, 3.8) is 0 Å². The summed E-state index contributed by atoms with van der Waals surface area (Å²) in [6.45, 7) is 1.87. The van der Waals surface area contributed by atoms with Gasteiger partial charge in [-0.25, -0.2) is 19.0 Å². The molecular weight excluding hydrogens is 876 g/mol. The van der Waals surface area contributed by atoms with E-state index in [0.29, 0.717) is 21.3 Å². The summed E-state index contributed by atoms with van der Waals surface area (Å²) in [5.41, 5.74) is 11.8. The Morgan fingerprint density at radius 3 is 1.38 bits per heavy atom. The Bertz CT molecular complexity index is 3100. The average Bonchev–Trinajstić information content (AvgIpc) is 4.16. The molecule has 2 amide bonds. The second-order valence-corrected chi connectivity index (χ2v) is 16.4. The van der Waals surface area contributed by atoms with E-state index in [2.05, 4.69) is 47.1 Å². The highest BCUT2D eigenvalue weighted by Gasteiger charge is 2.19. The molecule has 10 rings (SSSR count). The molecule has 15 nitrogen and oxygen atoms in total. The van der Waals surface area contributed by atoms with Crippen molar-refractivity contribution < 1.29 is 14.7 Å². The van der Waals surface area contributed by atoms with Crippen LogP contribution in [0.5, 0.6) is 0 Å². The number of fused-ring (bicyclic) bond motifs is 2. The van der Waals surface area contributed by atoms with Crippen LogP contribution in [0.4, 0.5) is 11.4 Å².